The van der Waals surface area contributed by atoms with E-state index in [1.54, 1.807) is 18.0 Å². The molecule has 0 spiro atoms. The lowest BCUT2D eigenvalue weighted by Crippen LogP contribution is -2.22. The molecule has 0 aromatic carbocycles. The molecule has 1 saturated carbocycles. The number of amides is 1. The van der Waals surface area contributed by atoms with Crippen molar-refractivity contribution in [2.24, 2.45) is 10.9 Å². The summed E-state index contributed by atoms with van der Waals surface area (Å²) in [4.78, 5) is 17.4. The number of allylic oxidation sites excluding steroid dienone is 2. The maximum absolute atomic E-state index is 11.2. The van der Waals surface area contributed by atoms with Crippen LogP contribution in [0.1, 0.15) is 52.9 Å². The predicted molar refractivity (Wildman–Crippen MR) is 81.5 cm³/mol. The molecular formula is C15H25ClN2O. The standard InChI is InChI=1S/C15H25ClN2O/c1-11(18(4)13(3)19)10-15(16)17-12(2)14-8-6-5-7-9-14/h10,12,14H,5-9H2,1-4H3/b11-10+,17-15?/t12-/m0/s1. The first-order valence-corrected chi connectivity index (χ1v) is 7.45. The van der Waals surface area contributed by atoms with E-state index in [4.69, 9.17) is 11.6 Å². The van der Waals surface area contributed by atoms with Gasteiger partial charge in [-0.1, -0.05) is 30.9 Å². The lowest BCUT2D eigenvalue weighted by molar-refractivity contribution is -0.125. The van der Waals surface area contributed by atoms with Crippen LogP contribution in [0.2, 0.25) is 0 Å². The highest BCUT2D eigenvalue weighted by molar-refractivity contribution is 6.68. The maximum Gasteiger partial charge on any atom is 0.223 e. The fraction of sp³-hybridized carbons (Fsp3) is 0.733. The van der Waals surface area contributed by atoms with Gasteiger partial charge in [-0.2, -0.15) is 0 Å². The van der Waals surface area contributed by atoms with Gasteiger partial charge in [0.1, 0.15) is 5.17 Å². The van der Waals surface area contributed by atoms with Crippen molar-refractivity contribution in [3.05, 3.63) is 11.8 Å². The molecule has 108 valence electrons. The van der Waals surface area contributed by atoms with E-state index < -0.39 is 0 Å². The molecule has 0 aromatic rings. The van der Waals surface area contributed by atoms with Crippen molar-refractivity contribution >= 4 is 22.7 Å². The summed E-state index contributed by atoms with van der Waals surface area (Å²) in [7, 11) is 1.74. The SMILES string of the molecule is CC(=O)N(C)/C(C)=C/C(Cl)=N[C@@H](C)C1CCCCC1. The summed E-state index contributed by atoms with van der Waals surface area (Å²) in [5.74, 6) is 0.653. The van der Waals surface area contributed by atoms with E-state index in [-0.39, 0.29) is 11.9 Å². The molecule has 0 saturated heterocycles. The third kappa shape index (κ3) is 5.35. The Balaban J connectivity index is 2.64. The third-order valence-electron chi connectivity index (χ3n) is 3.99. The fourth-order valence-corrected chi connectivity index (χ4v) is 2.78. The summed E-state index contributed by atoms with van der Waals surface area (Å²) in [6.07, 6.45) is 8.25. The molecule has 0 aromatic heterocycles. The molecule has 1 aliphatic rings. The van der Waals surface area contributed by atoms with Crippen LogP contribution < -0.4 is 0 Å². The van der Waals surface area contributed by atoms with Crippen molar-refractivity contribution in [2.45, 2.75) is 58.9 Å². The molecule has 0 heterocycles. The number of carbonyl (C=O) groups excluding carboxylic acids is 1. The highest BCUT2D eigenvalue weighted by Crippen LogP contribution is 2.28. The molecule has 0 N–H and O–H groups in total. The second-order valence-corrected chi connectivity index (χ2v) is 5.84. The zero-order chi connectivity index (χ0) is 14.4. The number of halogens is 1. The molecule has 0 aliphatic heterocycles. The van der Waals surface area contributed by atoms with Crippen LogP contribution in [-0.2, 0) is 4.79 Å². The van der Waals surface area contributed by atoms with E-state index in [9.17, 15) is 4.79 Å². The fourth-order valence-electron chi connectivity index (χ4n) is 2.47. The molecule has 0 radical (unpaired) electrons. The molecule has 1 aliphatic carbocycles. The van der Waals surface area contributed by atoms with Crippen LogP contribution in [0.25, 0.3) is 0 Å². The van der Waals surface area contributed by atoms with E-state index >= 15 is 0 Å². The Morgan fingerprint density at radius 1 is 1.32 bits per heavy atom. The van der Waals surface area contributed by atoms with Crippen molar-refractivity contribution in [1.29, 1.82) is 0 Å². The number of hydrogen-bond acceptors (Lipinski definition) is 2. The Hall–Kier alpha value is -0.830. The highest BCUT2D eigenvalue weighted by atomic mass is 35.5. The molecule has 1 rings (SSSR count). The average molecular weight is 285 g/mol. The van der Waals surface area contributed by atoms with Gasteiger partial charge in [0.05, 0.1) is 6.04 Å². The van der Waals surface area contributed by atoms with Crippen LogP contribution in [0.15, 0.2) is 16.8 Å². The van der Waals surface area contributed by atoms with Crippen molar-refractivity contribution in [2.75, 3.05) is 7.05 Å². The predicted octanol–water partition coefficient (Wildman–Crippen LogP) is 3.97. The smallest absolute Gasteiger partial charge is 0.223 e. The van der Waals surface area contributed by atoms with Gasteiger partial charge in [-0.3, -0.25) is 9.79 Å². The van der Waals surface area contributed by atoms with Gasteiger partial charge in [0, 0.05) is 19.7 Å². The summed E-state index contributed by atoms with van der Waals surface area (Å²) in [6, 6.07) is 0.263. The van der Waals surface area contributed by atoms with Gasteiger partial charge in [0.15, 0.2) is 0 Å². The van der Waals surface area contributed by atoms with Crippen LogP contribution in [0.5, 0.6) is 0 Å². The van der Waals surface area contributed by atoms with Crippen LogP contribution in [0.4, 0.5) is 0 Å². The van der Waals surface area contributed by atoms with Crippen LogP contribution in [0.3, 0.4) is 0 Å². The van der Waals surface area contributed by atoms with E-state index in [0.29, 0.717) is 11.1 Å². The molecule has 19 heavy (non-hydrogen) atoms. The summed E-state index contributed by atoms with van der Waals surface area (Å²) in [5, 5.41) is 0.490. The average Bonchev–Trinajstić information content (AvgIpc) is 2.38. The minimum atomic E-state index is -0.00135. The first-order chi connectivity index (χ1) is 8.91. The Morgan fingerprint density at radius 3 is 2.42 bits per heavy atom. The Kier molecular flexibility index (Phi) is 6.56. The van der Waals surface area contributed by atoms with Crippen molar-refractivity contribution in [3.8, 4) is 0 Å². The lowest BCUT2D eigenvalue weighted by Gasteiger charge is -2.25. The molecular weight excluding hydrogens is 260 g/mol. The van der Waals surface area contributed by atoms with Gasteiger partial charge in [-0.25, -0.2) is 0 Å². The molecule has 4 heteroatoms. The lowest BCUT2D eigenvalue weighted by atomic mass is 9.85. The first kappa shape index (κ1) is 16.2. The molecule has 1 atom stereocenters. The largest absolute Gasteiger partial charge is 0.320 e. The summed E-state index contributed by atoms with van der Waals surface area (Å²) in [6.45, 7) is 5.54. The first-order valence-electron chi connectivity index (χ1n) is 7.07. The molecule has 0 unspecified atom stereocenters. The number of carbonyl (C=O) groups is 1. The summed E-state index contributed by atoms with van der Waals surface area (Å²) >= 11 is 6.17. The van der Waals surface area contributed by atoms with Gasteiger partial charge >= 0.3 is 0 Å². The molecule has 1 amide bonds. The van der Waals surface area contributed by atoms with Gasteiger partial charge in [0.25, 0.3) is 0 Å². The Labute approximate surface area is 121 Å². The van der Waals surface area contributed by atoms with E-state index in [1.165, 1.54) is 39.0 Å². The van der Waals surface area contributed by atoms with Crippen molar-refractivity contribution in [1.82, 2.24) is 4.90 Å². The van der Waals surface area contributed by atoms with Gasteiger partial charge < -0.3 is 4.90 Å². The normalized spacial score (nSPS) is 20.3. The van der Waals surface area contributed by atoms with E-state index in [2.05, 4.69) is 11.9 Å². The van der Waals surface area contributed by atoms with Crippen LogP contribution >= 0.6 is 11.6 Å². The Morgan fingerprint density at radius 2 is 1.89 bits per heavy atom. The van der Waals surface area contributed by atoms with Crippen LogP contribution in [-0.4, -0.2) is 29.1 Å². The number of nitrogens with zero attached hydrogens (tertiary/aromatic N) is 2. The second kappa shape index (κ2) is 7.68. The molecule has 3 nitrogen and oxygen atoms in total. The monoisotopic (exact) mass is 284 g/mol. The number of hydrogen-bond donors (Lipinski definition) is 0. The summed E-state index contributed by atoms with van der Waals surface area (Å²) in [5.41, 5.74) is 0.817. The van der Waals surface area contributed by atoms with Gasteiger partial charge in [-0.05, 0) is 38.7 Å². The number of rotatable bonds is 4. The minimum absolute atomic E-state index is 0.00135. The second-order valence-electron chi connectivity index (χ2n) is 5.45. The Bertz CT molecular complexity index is 370. The number of aliphatic imine (C=N–C) groups is 1. The highest BCUT2D eigenvalue weighted by Gasteiger charge is 2.19. The molecule has 0 bridgehead atoms. The quantitative estimate of drug-likeness (QED) is 0.719. The van der Waals surface area contributed by atoms with Gasteiger partial charge in [-0.15, -0.1) is 0 Å². The van der Waals surface area contributed by atoms with Gasteiger partial charge in [0.2, 0.25) is 5.91 Å². The van der Waals surface area contributed by atoms with Crippen molar-refractivity contribution < 1.29 is 4.79 Å². The zero-order valence-electron chi connectivity index (χ0n) is 12.4. The third-order valence-corrected chi connectivity index (χ3v) is 4.20. The molecule has 1 fully saturated rings. The topological polar surface area (TPSA) is 32.7 Å². The zero-order valence-corrected chi connectivity index (χ0v) is 13.2. The minimum Gasteiger partial charge on any atom is -0.320 e. The summed E-state index contributed by atoms with van der Waals surface area (Å²) < 4.78 is 0. The van der Waals surface area contributed by atoms with Crippen LogP contribution in [0, 0.1) is 5.92 Å². The van der Waals surface area contributed by atoms with Crippen molar-refractivity contribution in [3.63, 3.8) is 0 Å². The maximum atomic E-state index is 11.2. The van der Waals surface area contributed by atoms with E-state index in [0.717, 1.165) is 5.70 Å². The van der Waals surface area contributed by atoms with E-state index in [1.807, 2.05) is 6.92 Å².